The molecule has 1 N–H and O–H groups in total. The Morgan fingerprint density at radius 1 is 1.40 bits per heavy atom. The third kappa shape index (κ3) is 4.97. The van der Waals surface area contributed by atoms with Gasteiger partial charge in [-0.2, -0.15) is 0 Å². The summed E-state index contributed by atoms with van der Waals surface area (Å²) in [5, 5.41) is 8.46. The average molecular weight is 286 g/mol. The van der Waals surface area contributed by atoms with E-state index in [0.29, 0.717) is 13.0 Å². The van der Waals surface area contributed by atoms with Gasteiger partial charge in [0.1, 0.15) is 0 Å². The molecule has 20 heavy (non-hydrogen) atoms. The first kappa shape index (κ1) is 16.1. The van der Waals surface area contributed by atoms with Crippen LogP contribution in [0.3, 0.4) is 0 Å². The molecule has 0 fully saturated rings. The summed E-state index contributed by atoms with van der Waals surface area (Å²) in [6.07, 6.45) is 2.00. The molecule has 0 amide bonds. The van der Waals surface area contributed by atoms with Crippen molar-refractivity contribution in [1.29, 1.82) is 0 Å². The number of aliphatic carboxylic acids is 1. The van der Waals surface area contributed by atoms with E-state index in [2.05, 4.69) is 0 Å². The van der Waals surface area contributed by atoms with Crippen LogP contribution in [-0.2, 0) is 9.53 Å². The van der Waals surface area contributed by atoms with Crippen LogP contribution < -0.4 is 4.74 Å². The molecule has 0 radical (unpaired) electrons. The second-order valence-electron chi connectivity index (χ2n) is 4.20. The minimum absolute atomic E-state index is 0.110. The van der Waals surface area contributed by atoms with E-state index in [1.807, 2.05) is 0 Å². The fourth-order valence-electron chi connectivity index (χ4n) is 1.50. The Hall–Kier alpha value is -1.95. The number of benzene rings is 1. The van der Waals surface area contributed by atoms with Crippen molar-refractivity contribution in [3.8, 4) is 5.75 Å². The third-order valence-corrected chi connectivity index (χ3v) is 2.49. The Bertz CT molecular complexity index is 477. The number of carboxylic acid groups (broad SMARTS) is 1. The molecule has 6 heteroatoms. The van der Waals surface area contributed by atoms with Crippen molar-refractivity contribution in [3.05, 3.63) is 35.4 Å². The highest BCUT2D eigenvalue weighted by Crippen LogP contribution is 2.25. The van der Waals surface area contributed by atoms with E-state index < -0.39 is 29.5 Å². The van der Waals surface area contributed by atoms with Gasteiger partial charge in [-0.15, -0.1) is 0 Å². The van der Waals surface area contributed by atoms with Gasteiger partial charge in [0.15, 0.2) is 17.4 Å². The number of halogens is 2. The molecule has 0 aliphatic carbocycles. The SMILES string of the molecule is COCCC(C)Oc1c(F)cc(/C=C/C(=O)O)cc1F. The normalized spacial score (nSPS) is 12.6. The van der Waals surface area contributed by atoms with Gasteiger partial charge >= 0.3 is 5.97 Å². The van der Waals surface area contributed by atoms with Crippen molar-refractivity contribution in [2.24, 2.45) is 0 Å². The first-order valence-electron chi connectivity index (χ1n) is 5.99. The highest BCUT2D eigenvalue weighted by molar-refractivity contribution is 5.85. The molecule has 1 unspecified atom stereocenters. The van der Waals surface area contributed by atoms with Crippen LogP contribution in [0.15, 0.2) is 18.2 Å². The number of rotatable bonds is 7. The second-order valence-corrected chi connectivity index (χ2v) is 4.20. The highest BCUT2D eigenvalue weighted by atomic mass is 19.1. The van der Waals surface area contributed by atoms with Gasteiger partial charge in [0.2, 0.25) is 0 Å². The molecule has 110 valence electrons. The van der Waals surface area contributed by atoms with Crippen LogP contribution in [0.2, 0.25) is 0 Å². The summed E-state index contributed by atoms with van der Waals surface area (Å²) in [6, 6.07) is 2.03. The molecule has 0 bridgehead atoms. The Morgan fingerprint density at radius 3 is 2.50 bits per heavy atom. The first-order valence-corrected chi connectivity index (χ1v) is 5.99. The smallest absolute Gasteiger partial charge is 0.328 e. The van der Waals surface area contributed by atoms with Gasteiger partial charge in [-0.05, 0) is 30.7 Å². The summed E-state index contributed by atoms with van der Waals surface area (Å²) in [6.45, 7) is 2.10. The van der Waals surface area contributed by atoms with Crippen molar-refractivity contribution in [2.45, 2.75) is 19.4 Å². The lowest BCUT2D eigenvalue weighted by Crippen LogP contribution is -2.16. The summed E-state index contributed by atoms with van der Waals surface area (Å²) in [4.78, 5) is 10.3. The molecular weight excluding hydrogens is 270 g/mol. The number of carboxylic acids is 1. The minimum Gasteiger partial charge on any atom is -0.485 e. The second kappa shape index (κ2) is 7.59. The summed E-state index contributed by atoms with van der Waals surface area (Å²) >= 11 is 0. The summed E-state index contributed by atoms with van der Waals surface area (Å²) in [7, 11) is 1.53. The van der Waals surface area contributed by atoms with Gasteiger partial charge in [-0.25, -0.2) is 13.6 Å². The van der Waals surface area contributed by atoms with Crippen LogP contribution in [0, 0.1) is 11.6 Å². The quantitative estimate of drug-likeness (QED) is 0.783. The minimum atomic E-state index is -1.20. The lowest BCUT2D eigenvalue weighted by Gasteiger charge is -2.15. The largest absolute Gasteiger partial charge is 0.485 e. The summed E-state index contributed by atoms with van der Waals surface area (Å²) < 4.78 is 37.5. The van der Waals surface area contributed by atoms with E-state index in [4.69, 9.17) is 14.6 Å². The average Bonchev–Trinajstić information content (AvgIpc) is 2.38. The van der Waals surface area contributed by atoms with Crippen LogP contribution >= 0.6 is 0 Å². The van der Waals surface area contributed by atoms with E-state index in [0.717, 1.165) is 24.3 Å². The van der Waals surface area contributed by atoms with Crippen molar-refractivity contribution in [1.82, 2.24) is 0 Å². The van der Waals surface area contributed by atoms with Crippen LogP contribution in [-0.4, -0.2) is 30.9 Å². The molecule has 0 aliphatic rings. The number of methoxy groups -OCH3 is 1. The van der Waals surface area contributed by atoms with Gasteiger partial charge < -0.3 is 14.6 Å². The molecule has 0 saturated heterocycles. The predicted octanol–water partition coefficient (Wildman–Crippen LogP) is 2.87. The molecule has 0 saturated carbocycles. The molecule has 0 aromatic heterocycles. The topological polar surface area (TPSA) is 55.8 Å². The molecule has 1 aromatic carbocycles. The fraction of sp³-hybridized carbons (Fsp3) is 0.357. The van der Waals surface area contributed by atoms with Crippen LogP contribution in [0.1, 0.15) is 18.9 Å². The van der Waals surface area contributed by atoms with E-state index in [-0.39, 0.29) is 5.56 Å². The van der Waals surface area contributed by atoms with E-state index >= 15 is 0 Å². The standard InChI is InChI=1S/C14H16F2O4/c1-9(5-6-19-2)20-14-11(15)7-10(8-12(14)16)3-4-13(17)18/h3-4,7-9H,5-6H2,1-2H3,(H,17,18)/b4-3+. The molecule has 1 rings (SSSR count). The van der Waals surface area contributed by atoms with E-state index in [1.165, 1.54) is 7.11 Å². The number of ether oxygens (including phenoxy) is 2. The molecular formula is C14H16F2O4. The van der Waals surface area contributed by atoms with Crippen molar-refractivity contribution < 1.29 is 28.2 Å². The molecule has 0 heterocycles. The molecule has 0 aliphatic heterocycles. The zero-order chi connectivity index (χ0) is 15.1. The molecule has 4 nitrogen and oxygen atoms in total. The van der Waals surface area contributed by atoms with Crippen LogP contribution in [0.4, 0.5) is 8.78 Å². The molecule has 0 spiro atoms. The zero-order valence-electron chi connectivity index (χ0n) is 11.2. The van der Waals surface area contributed by atoms with Crippen molar-refractivity contribution in [3.63, 3.8) is 0 Å². The van der Waals surface area contributed by atoms with Crippen LogP contribution in [0.5, 0.6) is 5.75 Å². The lowest BCUT2D eigenvalue weighted by molar-refractivity contribution is -0.131. The van der Waals surface area contributed by atoms with E-state index in [9.17, 15) is 13.6 Å². The van der Waals surface area contributed by atoms with Gasteiger partial charge in [-0.1, -0.05) is 0 Å². The predicted molar refractivity (Wildman–Crippen MR) is 69.6 cm³/mol. The first-order chi connectivity index (χ1) is 9.43. The highest BCUT2D eigenvalue weighted by Gasteiger charge is 2.15. The number of hydrogen-bond donors (Lipinski definition) is 1. The van der Waals surface area contributed by atoms with Crippen molar-refractivity contribution >= 4 is 12.0 Å². The zero-order valence-corrected chi connectivity index (χ0v) is 11.2. The lowest BCUT2D eigenvalue weighted by atomic mass is 10.2. The molecule has 1 atom stereocenters. The Kier molecular flexibility index (Phi) is 6.11. The van der Waals surface area contributed by atoms with Crippen molar-refractivity contribution in [2.75, 3.05) is 13.7 Å². The van der Waals surface area contributed by atoms with Gasteiger partial charge in [0, 0.05) is 26.2 Å². The maximum absolute atomic E-state index is 13.7. The Morgan fingerprint density at radius 2 is 2.00 bits per heavy atom. The number of carbonyl (C=O) groups is 1. The summed E-state index contributed by atoms with van der Waals surface area (Å²) in [5.41, 5.74) is 0.110. The van der Waals surface area contributed by atoms with Crippen LogP contribution in [0.25, 0.3) is 6.08 Å². The monoisotopic (exact) mass is 286 g/mol. The van der Waals surface area contributed by atoms with Gasteiger partial charge in [0.05, 0.1) is 6.10 Å². The maximum atomic E-state index is 13.7. The molecule has 1 aromatic rings. The number of hydrogen-bond acceptors (Lipinski definition) is 3. The fourth-order valence-corrected chi connectivity index (χ4v) is 1.50. The van der Waals surface area contributed by atoms with Gasteiger partial charge in [-0.3, -0.25) is 0 Å². The summed E-state index contributed by atoms with van der Waals surface area (Å²) in [5.74, 6) is -3.42. The Balaban J connectivity index is 2.86. The van der Waals surface area contributed by atoms with Gasteiger partial charge in [0.25, 0.3) is 0 Å². The maximum Gasteiger partial charge on any atom is 0.328 e. The van der Waals surface area contributed by atoms with E-state index in [1.54, 1.807) is 6.92 Å². The third-order valence-electron chi connectivity index (χ3n) is 2.49. The Labute approximate surface area is 115 Å².